The molecule has 2 aromatic carbocycles. The zero-order valence-electron chi connectivity index (χ0n) is 16.8. The Morgan fingerprint density at radius 2 is 1.69 bits per heavy atom. The second-order valence-corrected chi connectivity index (χ2v) is 8.89. The molecule has 0 atom stereocenters. The van der Waals surface area contributed by atoms with Crippen molar-refractivity contribution in [1.82, 2.24) is 4.83 Å². The number of unbranched alkanes of at least 4 members (excludes halogenated alkanes) is 6. The van der Waals surface area contributed by atoms with Crippen LogP contribution in [0.5, 0.6) is 5.75 Å². The van der Waals surface area contributed by atoms with Crippen molar-refractivity contribution in [2.75, 3.05) is 6.61 Å². The minimum atomic E-state index is -3.69. The van der Waals surface area contributed by atoms with Gasteiger partial charge >= 0.3 is 0 Å². The lowest BCUT2D eigenvalue weighted by Gasteiger charge is -2.08. The Balaban J connectivity index is 1.78. The van der Waals surface area contributed by atoms with E-state index in [0.717, 1.165) is 6.42 Å². The van der Waals surface area contributed by atoms with E-state index in [0.29, 0.717) is 22.9 Å². The standard InChI is InChI=1S/C22H29ClN2O3S/c1-2-3-4-5-6-7-11-16-28-20-15-14-19(22(23)17-20)18-24-25-29(26,27)21-12-9-8-10-13-21/h8-10,12-15,17-18,25H,2-7,11,16H2,1H3/b24-18+. The Hall–Kier alpha value is -2.05. The van der Waals surface area contributed by atoms with Gasteiger partial charge in [-0.2, -0.15) is 13.5 Å². The molecule has 0 bridgehead atoms. The lowest BCUT2D eigenvalue weighted by molar-refractivity contribution is 0.304. The van der Waals surface area contributed by atoms with E-state index in [-0.39, 0.29) is 4.90 Å². The summed E-state index contributed by atoms with van der Waals surface area (Å²) in [6, 6.07) is 13.3. The van der Waals surface area contributed by atoms with Crippen molar-refractivity contribution in [2.24, 2.45) is 5.10 Å². The predicted octanol–water partition coefficient (Wildman–Crippen LogP) is 5.78. The molecule has 7 heteroatoms. The minimum Gasteiger partial charge on any atom is -0.494 e. The number of halogens is 1. The molecular weight excluding hydrogens is 408 g/mol. The van der Waals surface area contributed by atoms with Gasteiger partial charge in [-0.1, -0.05) is 75.2 Å². The first-order valence-electron chi connectivity index (χ1n) is 10.0. The van der Waals surface area contributed by atoms with Crippen molar-refractivity contribution < 1.29 is 13.2 Å². The third-order valence-corrected chi connectivity index (χ3v) is 5.98. The highest BCUT2D eigenvalue weighted by molar-refractivity contribution is 7.89. The molecule has 29 heavy (non-hydrogen) atoms. The molecule has 0 saturated carbocycles. The van der Waals surface area contributed by atoms with Gasteiger partial charge in [0.25, 0.3) is 10.0 Å². The molecule has 0 spiro atoms. The van der Waals surface area contributed by atoms with Crippen LogP contribution < -0.4 is 9.57 Å². The van der Waals surface area contributed by atoms with E-state index < -0.39 is 10.0 Å². The molecule has 2 rings (SSSR count). The Labute approximate surface area is 179 Å². The maximum absolute atomic E-state index is 12.1. The highest BCUT2D eigenvalue weighted by Crippen LogP contribution is 2.22. The van der Waals surface area contributed by atoms with E-state index in [1.165, 1.54) is 56.9 Å². The highest BCUT2D eigenvalue weighted by Gasteiger charge is 2.11. The molecule has 0 amide bonds. The third kappa shape index (κ3) is 8.46. The molecule has 0 aliphatic heterocycles. The number of hydrazone groups is 1. The average molecular weight is 437 g/mol. The van der Waals surface area contributed by atoms with Gasteiger partial charge in [-0.05, 0) is 36.8 Å². The zero-order chi connectivity index (χ0) is 21.0. The maximum atomic E-state index is 12.1. The molecule has 0 unspecified atom stereocenters. The van der Waals surface area contributed by atoms with Crippen LogP contribution in [0.25, 0.3) is 0 Å². The Kier molecular flexibility index (Phi) is 10.0. The van der Waals surface area contributed by atoms with Crippen LogP contribution in [-0.2, 0) is 10.0 Å². The van der Waals surface area contributed by atoms with E-state index in [9.17, 15) is 8.42 Å². The SMILES string of the molecule is CCCCCCCCCOc1ccc(/C=N/NS(=O)(=O)c2ccccc2)c(Cl)c1. The van der Waals surface area contributed by atoms with Crippen LogP contribution >= 0.6 is 11.6 Å². The van der Waals surface area contributed by atoms with Crippen molar-refractivity contribution in [1.29, 1.82) is 0 Å². The number of hydrogen-bond acceptors (Lipinski definition) is 4. The summed E-state index contributed by atoms with van der Waals surface area (Å²) in [7, 11) is -3.69. The summed E-state index contributed by atoms with van der Waals surface area (Å²) >= 11 is 6.26. The van der Waals surface area contributed by atoms with E-state index in [1.807, 2.05) is 0 Å². The average Bonchev–Trinajstić information content (AvgIpc) is 2.72. The van der Waals surface area contributed by atoms with E-state index >= 15 is 0 Å². The van der Waals surface area contributed by atoms with Gasteiger partial charge in [0.05, 0.1) is 22.7 Å². The Morgan fingerprint density at radius 3 is 2.38 bits per heavy atom. The van der Waals surface area contributed by atoms with Crippen LogP contribution in [0.4, 0.5) is 0 Å². The van der Waals surface area contributed by atoms with Gasteiger partial charge in [0.2, 0.25) is 0 Å². The van der Waals surface area contributed by atoms with Crippen LogP contribution in [0.15, 0.2) is 58.5 Å². The first-order valence-corrected chi connectivity index (χ1v) is 11.9. The second kappa shape index (κ2) is 12.5. The molecule has 0 aliphatic carbocycles. The molecule has 5 nitrogen and oxygen atoms in total. The summed E-state index contributed by atoms with van der Waals surface area (Å²) < 4.78 is 30.0. The fourth-order valence-corrected chi connectivity index (χ4v) is 3.80. The zero-order valence-corrected chi connectivity index (χ0v) is 18.4. The normalized spacial score (nSPS) is 11.7. The smallest absolute Gasteiger partial charge is 0.276 e. The molecule has 0 fully saturated rings. The summed E-state index contributed by atoms with van der Waals surface area (Å²) in [5.41, 5.74) is 0.603. The van der Waals surface area contributed by atoms with Gasteiger partial charge in [0.1, 0.15) is 5.75 Å². The first kappa shape index (κ1) is 23.2. The molecule has 0 aromatic heterocycles. The molecular formula is C22H29ClN2O3S. The highest BCUT2D eigenvalue weighted by atomic mass is 35.5. The van der Waals surface area contributed by atoms with Crippen LogP contribution in [0.3, 0.4) is 0 Å². The quantitative estimate of drug-likeness (QED) is 0.246. The lowest BCUT2D eigenvalue weighted by Crippen LogP contribution is -2.18. The van der Waals surface area contributed by atoms with Crippen LogP contribution in [0.1, 0.15) is 57.4 Å². The number of hydrogen-bond donors (Lipinski definition) is 1. The first-order chi connectivity index (χ1) is 14.0. The fourth-order valence-electron chi connectivity index (χ4n) is 2.77. The number of nitrogens with zero attached hydrogens (tertiary/aromatic N) is 1. The molecule has 0 aliphatic rings. The van der Waals surface area contributed by atoms with E-state index in [1.54, 1.807) is 36.4 Å². The predicted molar refractivity (Wildman–Crippen MR) is 119 cm³/mol. The van der Waals surface area contributed by atoms with E-state index in [4.69, 9.17) is 16.3 Å². The lowest BCUT2D eigenvalue weighted by atomic mass is 10.1. The molecule has 158 valence electrons. The number of sulfonamides is 1. The summed E-state index contributed by atoms with van der Waals surface area (Å²) in [4.78, 5) is 2.33. The molecule has 0 saturated heterocycles. The number of ether oxygens (including phenoxy) is 1. The van der Waals surface area contributed by atoms with E-state index in [2.05, 4.69) is 16.9 Å². The summed E-state index contributed by atoms with van der Waals surface area (Å²) in [6.45, 7) is 2.88. The van der Waals surface area contributed by atoms with Crippen molar-refractivity contribution in [3.05, 3.63) is 59.1 Å². The van der Waals surface area contributed by atoms with Gasteiger partial charge in [-0.3, -0.25) is 0 Å². The van der Waals surface area contributed by atoms with Crippen molar-refractivity contribution in [2.45, 2.75) is 56.8 Å². The van der Waals surface area contributed by atoms with Crippen LogP contribution in [0.2, 0.25) is 5.02 Å². The molecule has 0 radical (unpaired) electrons. The largest absolute Gasteiger partial charge is 0.494 e. The summed E-state index contributed by atoms with van der Waals surface area (Å²) in [5, 5.41) is 4.26. The maximum Gasteiger partial charge on any atom is 0.276 e. The topological polar surface area (TPSA) is 67.8 Å². The third-order valence-electron chi connectivity index (χ3n) is 4.42. The number of benzene rings is 2. The van der Waals surface area contributed by atoms with Crippen LogP contribution in [0, 0.1) is 0 Å². The van der Waals surface area contributed by atoms with Gasteiger partial charge in [0.15, 0.2) is 0 Å². The van der Waals surface area contributed by atoms with Crippen molar-refractivity contribution in [3.8, 4) is 5.75 Å². The van der Waals surface area contributed by atoms with Crippen LogP contribution in [-0.4, -0.2) is 21.2 Å². The summed E-state index contributed by atoms with van der Waals surface area (Å²) in [5.74, 6) is 0.697. The van der Waals surface area contributed by atoms with Crippen molar-refractivity contribution in [3.63, 3.8) is 0 Å². The monoisotopic (exact) mass is 436 g/mol. The number of nitrogens with one attached hydrogen (secondary N) is 1. The van der Waals surface area contributed by atoms with Gasteiger partial charge in [-0.25, -0.2) is 4.83 Å². The van der Waals surface area contributed by atoms with Gasteiger partial charge in [0, 0.05) is 5.56 Å². The van der Waals surface area contributed by atoms with Gasteiger partial charge in [-0.15, -0.1) is 0 Å². The Morgan fingerprint density at radius 1 is 1.00 bits per heavy atom. The summed E-state index contributed by atoms with van der Waals surface area (Å²) in [6.07, 6.45) is 10.0. The minimum absolute atomic E-state index is 0.150. The second-order valence-electron chi connectivity index (χ2n) is 6.82. The fraction of sp³-hybridized carbons (Fsp3) is 0.409. The van der Waals surface area contributed by atoms with Crippen molar-refractivity contribution >= 4 is 27.8 Å². The molecule has 1 N–H and O–H groups in total. The molecule has 0 heterocycles. The van der Waals surface area contributed by atoms with Gasteiger partial charge < -0.3 is 4.74 Å². The Bertz CT molecular complexity index is 871. The number of rotatable bonds is 13. The molecule has 2 aromatic rings.